The Balaban J connectivity index is 2.46. The highest BCUT2D eigenvalue weighted by atomic mass is 16.2. The monoisotopic (exact) mass is 278 g/mol. The summed E-state index contributed by atoms with van der Waals surface area (Å²) in [5.74, 6) is -0.0467. The highest BCUT2D eigenvalue weighted by molar-refractivity contribution is 5.95. The molecule has 0 aromatic carbocycles. The van der Waals surface area contributed by atoms with Crippen molar-refractivity contribution in [1.29, 1.82) is 0 Å². The zero-order valence-electron chi connectivity index (χ0n) is 12.4. The van der Waals surface area contributed by atoms with Crippen LogP contribution in [0.25, 0.3) is 0 Å². The number of nitrogen functional groups attached to an aromatic ring is 1. The average Bonchev–Trinajstić information content (AvgIpc) is 2.24. The van der Waals surface area contributed by atoms with Crippen LogP contribution in [0.2, 0.25) is 0 Å². The molecular formula is C14H22N4O2. The van der Waals surface area contributed by atoms with Crippen molar-refractivity contribution >= 4 is 17.6 Å². The van der Waals surface area contributed by atoms with E-state index in [2.05, 4.69) is 15.6 Å². The van der Waals surface area contributed by atoms with Crippen molar-refractivity contribution in [1.82, 2.24) is 15.6 Å². The second-order valence-electron chi connectivity index (χ2n) is 5.73. The van der Waals surface area contributed by atoms with E-state index in [1.807, 2.05) is 20.8 Å². The fourth-order valence-electron chi connectivity index (χ4n) is 1.70. The van der Waals surface area contributed by atoms with Crippen molar-refractivity contribution in [3.8, 4) is 0 Å². The van der Waals surface area contributed by atoms with E-state index in [1.165, 1.54) is 6.07 Å². The van der Waals surface area contributed by atoms with Crippen molar-refractivity contribution < 1.29 is 9.59 Å². The van der Waals surface area contributed by atoms with E-state index in [4.69, 9.17) is 5.73 Å². The quantitative estimate of drug-likeness (QED) is 0.765. The first-order valence-corrected chi connectivity index (χ1v) is 6.51. The molecule has 1 aromatic rings. The second kappa shape index (κ2) is 6.36. The molecule has 0 unspecified atom stereocenters. The molecule has 0 radical (unpaired) electrons. The molecule has 0 aliphatic rings. The molecule has 20 heavy (non-hydrogen) atoms. The SMILES string of the molecule is Cc1cc(C(=O)NCCC(=O)NC(C)(C)C)cc(N)n1. The van der Waals surface area contributed by atoms with Gasteiger partial charge in [-0.25, -0.2) is 4.98 Å². The Morgan fingerprint density at radius 1 is 1.30 bits per heavy atom. The van der Waals surface area contributed by atoms with Crippen LogP contribution >= 0.6 is 0 Å². The molecule has 0 aliphatic carbocycles. The van der Waals surface area contributed by atoms with Gasteiger partial charge < -0.3 is 16.4 Å². The van der Waals surface area contributed by atoms with Crippen molar-refractivity contribution in [2.24, 2.45) is 0 Å². The maximum Gasteiger partial charge on any atom is 0.251 e. The Labute approximate surface area is 119 Å². The van der Waals surface area contributed by atoms with Crippen LogP contribution in [0.4, 0.5) is 5.82 Å². The number of amides is 2. The van der Waals surface area contributed by atoms with E-state index in [0.29, 0.717) is 17.1 Å². The topological polar surface area (TPSA) is 97.1 Å². The lowest BCUT2D eigenvalue weighted by atomic mass is 10.1. The van der Waals surface area contributed by atoms with Gasteiger partial charge in [-0.2, -0.15) is 0 Å². The third-order valence-corrected chi connectivity index (χ3v) is 2.39. The smallest absolute Gasteiger partial charge is 0.251 e. The van der Waals surface area contributed by atoms with Crippen LogP contribution in [-0.4, -0.2) is 28.9 Å². The number of aromatic nitrogens is 1. The summed E-state index contributed by atoms with van der Waals surface area (Å²) in [5.41, 5.74) is 6.45. The van der Waals surface area contributed by atoms with Crippen LogP contribution in [0.15, 0.2) is 12.1 Å². The van der Waals surface area contributed by atoms with Crippen molar-refractivity contribution in [2.75, 3.05) is 12.3 Å². The Kier molecular flexibility index (Phi) is 5.07. The lowest BCUT2D eigenvalue weighted by Crippen LogP contribution is -2.42. The van der Waals surface area contributed by atoms with Crippen LogP contribution < -0.4 is 16.4 Å². The molecule has 0 bridgehead atoms. The number of hydrogen-bond acceptors (Lipinski definition) is 4. The standard InChI is InChI=1S/C14H22N4O2/c1-9-7-10(8-11(15)17-9)13(20)16-6-5-12(19)18-14(2,3)4/h7-8H,5-6H2,1-4H3,(H2,15,17)(H,16,20)(H,18,19). The van der Waals surface area contributed by atoms with E-state index < -0.39 is 0 Å². The average molecular weight is 278 g/mol. The van der Waals surface area contributed by atoms with Crippen LogP contribution in [0.1, 0.15) is 43.2 Å². The van der Waals surface area contributed by atoms with Gasteiger partial charge in [0, 0.05) is 29.8 Å². The normalized spacial score (nSPS) is 11.0. The van der Waals surface area contributed by atoms with E-state index >= 15 is 0 Å². The van der Waals surface area contributed by atoms with Crippen LogP contribution in [0, 0.1) is 6.92 Å². The first-order chi connectivity index (χ1) is 9.17. The zero-order valence-corrected chi connectivity index (χ0v) is 12.4. The van der Waals surface area contributed by atoms with Gasteiger partial charge >= 0.3 is 0 Å². The molecule has 1 rings (SSSR count). The molecule has 110 valence electrons. The molecular weight excluding hydrogens is 256 g/mol. The number of carbonyl (C=O) groups is 2. The number of aryl methyl sites for hydroxylation is 1. The number of carbonyl (C=O) groups excluding carboxylic acids is 2. The van der Waals surface area contributed by atoms with Gasteiger partial charge in [-0.15, -0.1) is 0 Å². The molecule has 4 N–H and O–H groups in total. The van der Waals surface area contributed by atoms with Crippen molar-refractivity contribution in [3.05, 3.63) is 23.4 Å². The summed E-state index contributed by atoms with van der Waals surface area (Å²) >= 11 is 0. The number of nitrogens with two attached hydrogens (primary N) is 1. The van der Waals surface area contributed by atoms with Crippen molar-refractivity contribution in [3.63, 3.8) is 0 Å². The highest BCUT2D eigenvalue weighted by Crippen LogP contribution is 2.06. The Hall–Kier alpha value is -2.11. The molecule has 0 atom stereocenters. The molecule has 1 heterocycles. The van der Waals surface area contributed by atoms with Gasteiger partial charge in [0.1, 0.15) is 5.82 Å². The molecule has 6 nitrogen and oxygen atoms in total. The third-order valence-electron chi connectivity index (χ3n) is 2.39. The number of anilines is 1. The third kappa shape index (κ3) is 5.69. The molecule has 2 amide bonds. The van der Waals surface area contributed by atoms with Gasteiger partial charge in [-0.05, 0) is 39.8 Å². The minimum Gasteiger partial charge on any atom is -0.384 e. The number of nitrogens with zero attached hydrogens (tertiary/aromatic N) is 1. The molecule has 0 spiro atoms. The van der Waals surface area contributed by atoms with Crippen LogP contribution in [0.3, 0.4) is 0 Å². The summed E-state index contributed by atoms with van der Waals surface area (Å²) in [6.45, 7) is 7.77. The molecule has 0 saturated carbocycles. The summed E-state index contributed by atoms with van der Waals surface area (Å²) in [7, 11) is 0. The summed E-state index contributed by atoms with van der Waals surface area (Å²) in [5, 5.41) is 5.52. The van der Waals surface area contributed by atoms with Gasteiger partial charge in [0.2, 0.25) is 5.91 Å². The predicted molar refractivity (Wildman–Crippen MR) is 78.2 cm³/mol. The predicted octanol–water partition coefficient (Wildman–Crippen LogP) is 1.01. The van der Waals surface area contributed by atoms with E-state index in [-0.39, 0.29) is 30.3 Å². The summed E-state index contributed by atoms with van der Waals surface area (Å²) in [6, 6.07) is 3.17. The maximum atomic E-state index is 11.9. The zero-order chi connectivity index (χ0) is 15.3. The van der Waals surface area contributed by atoms with Gasteiger partial charge in [-0.1, -0.05) is 0 Å². The first-order valence-electron chi connectivity index (χ1n) is 6.51. The fourth-order valence-corrected chi connectivity index (χ4v) is 1.70. The molecule has 0 aliphatic heterocycles. The number of hydrogen-bond donors (Lipinski definition) is 3. The Morgan fingerprint density at radius 2 is 1.95 bits per heavy atom. The lowest BCUT2D eigenvalue weighted by molar-refractivity contribution is -0.122. The van der Waals surface area contributed by atoms with E-state index in [9.17, 15) is 9.59 Å². The number of pyridine rings is 1. The lowest BCUT2D eigenvalue weighted by Gasteiger charge is -2.20. The van der Waals surface area contributed by atoms with Gasteiger partial charge in [0.25, 0.3) is 5.91 Å². The number of nitrogens with one attached hydrogen (secondary N) is 2. The minimum atomic E-state index is -0.266. The Morgan fingerprint density at radius 3 is 2.50 bits per heavy atom. The summed E-state index contributed by atoms with van der Waals surface area (Å²) in [6.07, 6.45) is 0.239. The second-order valence-corrected chi connectivity index (χ2v) is 5.73. The molecule has 0 saturated heterocycles. The minimum absolute atomic E-state index is 0.0942. The molecule has 1 aromatic heterocycles. The van der Waals surface area contributed by atoms with Crippen LogP contribution in [0.5, 0.6) is 0 Å². The van der Waals surface area contributed by atoms with Crippen molar-refractivity contribution in [2.45, 2.75) is 39.7 Å². The summed E-state index contributed by atoms with van der Waals surface area (Å²) in [4.78, 5) is 27.5. The van der Waals surface area contributed by atoms with Crippen LogP contribution in [-0.2, 0) is 4.79 Å². The van der Waals surface area contributed by atoms with E-state index in [0.717, 1.165) is 0 Å². The first kappa shape index (κ1) is 15.9. The number of rotatable bonds is 4. The highest BCUT2D eigenvalue weighted by Gasteiger charge is 2.14. The molecule has 6 heteroatoms. The summed E-state index contributed by atoms with van der Waals surface area (Å²) < 4.78 is 0. The molecule has 0 fully saturated rings. The van der Waals surface area contributed by atoms with E-state index in [1.54, 1.807) is 13.0 Å². The Bertz CT molecular complexity index is 486. The van der Waals surface area contributed by atoms with Gasteiger partial charge in [0.05, 0.1) is 0 Å². The largest absolute Gasteiger partial charge is 0.384 e. The van der Waals surface area contributed by atoms with Gasteiger partial charge in [-0.3, -0.25) is 9.59 Å². The fraction of sp³-hybridized carbons (Fsp3) is 0.500. The maximum absolute atomic E-state index is 11.9. The van der Waals surface area contributed by atoms with Gasteiger partial charge in [0.15, 0.2) is 0 Å².